The predicted molar refractivity (Wildman–Crippen MR) is 176 cm³/mol. The van der Waals surface area contributed by atoms with Gasteiger partial charge in [-0.25, -0.2) is 28.2 Å². The quantitative estimate of drug-likeness (QED) is 0.217. The lowest BCUT2D eigenvalue weighted by atomic mass is 10.00. The second-order valence-corrected chi connectivity index (χ2v) is 12.3. The average molecular weight is 668 g/mol. The van der Waals surface area contributed by atoms with Crippen molar-refractivity contribution in [3.8, 4) is 5.75 Å². The highest BCUT2D eigenvalue weighted by atomic mass is 19.2. The Hall–Kier alpha value is -4.40. The van der Waals surface area contributed by atoms with Crippen LogP contribution < -0.4 is 25.3 Å². The molecule has 0 bridgehead atoms. The number of hydrogen-bond donors (Lipinski definition) is 2. The molecular weight excluding hydrogens is 627 g/mol. The molecule has 3 aliphatic heterocycles. The van der Waals surface area contributed by atoms with Gasteiger partial charge >= 0.3 is 0 Å². The number of methoxy groups -OCH3 is 1. The molecule has 256 valence electrons. The molecule has 0 aliphatic carbocycles. The Balaban J connectivity index is 1.24. The zero-order valence-corrected chi connectivity index (χ0v) is 27.2. The second-order valence-electron chi connectivity index (χ2n) is 12.3. The number of aromatic nitrogens is 2. The molecule has 3 aliphatic rings. The lowest BCUT2D eigenvalue weighted by Crippen LogP contribution is -2.53. The number of hydroxylamine groups is 1. The first kappa shape index (κ1) is 33.5. The largest absolute Gasteiger partial charge is 0.494 e. The smallest absolute Gasteiger partial charge is 0.247 e. The van der Waals surface area contributed by atoms with Crippen molar-refractivity contribution in [2.24, 2.45) is 0 Å². The summed E-state index contributed by atoms with van der Waals surface area (Å²) in [5.74, 6) is -2.64. The molecule has 1 unspecified atom stereocenters. The number of halogens is 3. The summed E-state index contributed by atoms with van der Waals surface area (Å²) in [6, 6.07) is 6.32. The number of amides is 1. The number of piperidine rings is 1. The molecular formula is C34H40F3N7O4. The fourth-order valence-electron chi connectivity index (χ4n) is 6.85. The van der Waals surface area contributed by atoms with E-state index < -0.39 is 29.1 Å². The van der Waals surface area contributed by atoms with Crippen molar-refractivity contribution >= 4 is 34.6 Å². The van der Waals surface area contributed by atoms with E-state index in [9.17, 15) is 18.0 Å². The van der Waals surface area contributed by atoms with Gasteiger partial charge in [0.25, 0.3) is 0 Å². The zero-order valence-electron chi connectivity index (χ0n) is 27.2. The van der Waals surface area contributed by atoms with E-state index in [1.54, 1.807) is 19.2 Å². The Kier molecular flexibility index (Phi) is 10.0. The number of anilines is 5. The first-order valence-corrected chi connectivity index (χ1v) is 16.1. The van der Waals surface area contributed by atoms with Crippen LogP contribution in [0.4, 0.5) is 41.9 Å². The monoisotopic (exact) mass is 667 g/mol. The van der Waals surface area contributed by atoms with Crippen molar-refractivity contribution < 1.29 is 32.3 Å². The lowest BCUT2D eigenvalue weighted by Gasteiger charge is -2.44. The molecule has 48 heavy (non-hydrogen) atoms. The van der Waals surface area contributed by atoms with Gasteiger partial charge in [-0.2, -0.15) is 0 Å². The molecule has 11 nitrogen and oxygen atoms in total. The molecule has 0 spiro atoms. The minimum atomic E-state index is -1.27. The van der Waals surface area contributed by atoms with Crippen molar-refractivity contribution in [3.05, 3.63) is 72.3 Å². The van der Waals surface area contributed by atoms with Crippen LogP contribution >= 0.6 is 0 Å². The Bertz CT molecular complexity index is 1650. The van der Waals surface area contributed by atoms with Crippen LogP contribution in [0.3, 0.4) is 0 Å². The van der Waals surface area contributed by atoms with E-state index in [0.717, 1.165) is 56.8 Å². The van der Waals surface area contributed by atoms with Crippen LogP contribution in [0.2, 0.25) is 0 Å². The van der Waals surface area contributed by atoms with E-state index in [2.05, 4.69) is 50.8 Å². The van der Waals surface area contributed by atoms with Crippen LogP contribution in [0.1, 0.15) is 44.7 Å². The van der Waals surface area contributed by atoms with Crippen LogP contribution in [0.5, 0.6) is 5.75 Å². The first-order chi connectivity index (χ1) is 23.1. The van der Waals surface area contributed by atoms with Crippen LogP contribution in [-0.4, -0.2) is 78.9 Å². The first-order valence-electron chi connectivity index (χ1n) is 16.1. The fraction of sp³-hybridized carbons (Fsp3) is 0.441. The van der Waals surface area contributed by atoms with E-state index in [4.69, 9.17) is 14.3 Å². The van der Waals surface area contributed by atoms with Gasteiger partial charge in [-0.3, -0.25) is 14.5 Å². The van der Waals surface area contributed by atoms with Gasteiger partial charge < -0.3 is 25.0 Å². The summed E-state index contributed by atoms with van der Waals surface area (Å²) in [5.41, 5.74) is 1.44. The summed E-state index contributed by atoms with van der Waals surface area (Å²) in [4.78, 5) is 31.6. The minimum Gasteiger partial charge on any atom is -0.494 e. The maximum absolute atomic E-state index is 14.7. The van der Waals surface area contributed by atoms with Crippen molar-refractivity contribution in [2.75, 3.05) is 60.5 Å². The maximum atomic E-state index is 14.7. The Morgan fingerprint density at radius 3 is 2.46 bits per heavy atom. The van der Waals surface area contributed by atoms with Crippen LogP contribution in [0, 0.1) is 17.5 Å². The van der Waals surface area contributed by atoms with E-state index in [1.807, 2.05) is 6.07 Å². The third kappa shape index (κ3) is 7.05. The van der Waals surface area contributed by atoms with Gasteiger partial charge in [0, 0.05) is 50.8 Å². The highest BCUT2D eigenvalue weighted by Gasteiger charge is 2.35. The van der Waals surface area contributed by atoms with E-state index >= 15 is 0 Å². The molecule has 3 saturated heterocycles. The molecule has 3 aromatic rings. The number of hydrogen-bond acceptors (Lipinski definition) is 10. The summed E-state index contributed by atoms with van der Waals surface area (Å²) in [5, 5.41) is 7.40. The number of nitrogens with zero attached hydrogens (tertiary/aromatic N) is 5. The van der Waals surface area contributed by atoms with Gasteiger partial charge in [-0.05, 0) is 51.0 Å². The molecule has 3 fully saturated rings. The van der Waals surface area contributed by atoms with Gasteiger partial charge in [0.15, 0.2) is 17.5 Å². The summed E-state index contributed by atoms with van der Waals surface area (Å²) in [7, 11) is 1.55. The van der Waals surface area contributed by atoms with E-state index in [-0.39, 0.29) is 37.0 Å². The number of nitrogens with one attached hydrogen (secondary N) is 2. The highest BCUT2D eigenvalue weighted by molar-refractivity contribution is 6.02. The topological polar surface area (TPSA) is 104 Å². The fourth-order valence-corrected chi connectivity index (χ4v) is 6.85. The van der Waals surface area contributed by atoms with Crippen LogP contribution in [-0.2, 0) is 14.4 Å². The average Bonchev–Trinajstić information content (AvgIpc) is 3.56. The third-order valence-electron chi connectivity index (χ3n) is 8.99. The van der Waals surface area contributed by atoms with Crippen LogP contribution in [0.25, 0.3) is 0 Å². The van der Waals surface area contributed by atoms with E-state index in [1.165, 1.54) is 17.5 Å². The highest BCUT2D eigenvalue weighted by Crippen LogP contribution is 2.41. The number of rotatable bonds is 9. The number of ether oxygens (including phenoxy) is 2. The molecule has 4 heterocycles. The van der Waals surface area contributed by atoms with Gasteiger partial charge in [-0.1, -0.05) is 6.58 Å². The molecule has 0 saturated carbocycles. The molecule has 2 N–H and O–H groups in total. The predicted octanol–water partition coefficient (Wildman–Crippen LogP) is 5.73. The number of benzene rings is 2. The van der Waals surface area contributed by atoms with Gasteiger partial charge in [0.2, 0.25) is 5.91 Å². The lowest BCUT2D eigenvalue weighted by molar-refractivity contribution is -0.111. The standard InChI is InChI=1S/C34H40F3N7O4/c1-5-32(45)41-25-14-26(29(46-4)15-28(25)42-11-8-22(9-12-42)43-17-20(2)48-21(3)18-43)40-30-16-31(39-19-38-30)44-27(10-13-47-44)33-23(35)6-7-24(36)34(33)37/h5-7,14-16,19-22,27H,1,8-13,17-18H2,2-4H3,(H,41,45)(H,38,39,40)/t20-,21+,27?. The molecule has 3 atom stereocenters. The number of carbonyl (C=O) groups is 1. The molecule has 14 heteroatoms. The van der Waals surface area contributed by atoms with Crippen LogP contribution in [0.15, 0.2) is 49.3 Å². The van der Waals surface area contributed by atoms with Gasteiger partial charge in [0.05, 0.1) is 54.6 Å². The number of carbonyl (C=O) groups excluding carboxylic acids is 1. The summed E-state index contributed by atoms with van der Waals surface area (Å²) in [6.07, 6.45) is 5.02. The minimum absolute atomic E-state index is 0.149. The van der Waals surface area contributed by atoms with E-state index in [0.29, 0.717) is 29.0 Å². The third-order valence-corrected chi connectivity index (χ3v) is 8.99. The molecule has 0 radical (unpaired) electrons. The molecule has 6 rings (SSSR count). The van der Waals surface area contributed by atoms with Crippen molar-refractivity contribution in [3.63, 3.8) is 0 Å². The summed E-state index contributed by atoms with van der Waals surface area (Å²) >= 11 is 0. The van der Waals surface area contributed by atoms with Gasteiger partial charge in [-0.15, -0.1) is 0 Å². The Morgan fingerprint density at radius 1 is 1.02 bits per heavy atom. The number of morpholine rings is 1. The van der Waals surface area contributed by atoms with Crippen molar-refractivity contribution in [2.45, 2.75) is 57.4 Å². The SMILES string of the molecule is C=CC(=O)Nc1cc(Nc2cc(N3OCCC3c3c(F)ccc(F)c3F)ncn2)c(OC)cc1N1CCC(N2C[C@@H](C)O[C@@H](C)C2)CC1. The summed E-state index contributed by atoms with van der Waals surface area (Å²) in [6.45, 7) is 11.4. The van der Waals surface area contributed by atoms with Crippen molar-refractivity contribution in [1.82, 2.24) is 14.9 Å². The Labute approximate surface area is 277 Å². The Morgan fingerprint density at radius 2 is 1.75 bits per heavy atom. The summed E-state index contributed by atoms with van der Waals surface area (Å²) < 4.78 is 55.1. The maximum Gasteiger partial charge on any atom is 0.247 e. The van der Waals surface area contributed by atoms with Crippen molar-refractivity contribution in [1.29, 1.82) is 0 Å². The molecule has 2 aromatic carbocycles. The van der Waals surface area contributed by atoms with Gasteiger partial charge in [0.1, 0.15) is 23.7 Å². The normalized spacial score (nSPS) is 22.1. The second kappa shape index (κ2) is 14.4. The molecule has 1 aromatic heterocycles. The molecule has 1 amide bonds. The zero-order chi connectivity index (χ0) is 33.9.